The van der Waals surface area contributed by atoms with Crippen LogP contribution in [0.3, 0.4) is 0 Å². The third-order valence-electron chi connectivity index (χ3n) is 2.74. The summed E-state index contributed by atoms with van der Waals surface area (Å²) in [5.41, 5.74) is 1.35. The van der Waals surface area contributed by atoms with Crippen molar-refractivity contribution in [3.63, 3.8) is 0 Å². The fourth-order valence-corrected chi connectivity index (χ4v) is 3.31. The average molecular weight is 300 g/mol. The predicted octanol–water partition coefficient (Wildman–Crippen LogP) is 3.16. The predicted molar refractivity (Wildman–Crippen MR) is 75.1 cm³/mol. The van der Waals surface area contributed by atoms with E-state index in [0.29, 0.717) is 28.5 Å². The van der Waals surface area contributed by atoms with Crippen LogP contribution in [0.25, 0.3) is 5.57 Å². The Morgan fingerprint density at radius 2 is 2.21 bits per heavy atom. The van der Waals surface area contributed by atoms with Gasteiger partial charge in [-0.2, -0.15) is 8.42 Å². The smallest absolute Gasteiger partial charge is 0.267 e. The highest BCUT2D eigenvalue weighted by molar-refractivity contribution is 7.90. The number of allylic oxidation sites excluding steroid dienone is 4. The first-order valence-corrected chi connectivity index (χ1v) is 7.74. The quantitative estimate of drug-likeness (QED) is 0.633. The second-order valence-corrected chi connectivity index (χ2v) is 6.03. The lowest BCUT2D eigenvalue weighted by molar-refractivity contribution is 0.342. The molecule has 0 aliphatic heterocycles. The van der Waals surface area contributed by atoms with Crippen molar-refractivity contribution in [2.75, 3.05) is 6.61 Å². The molecule has 0 aromatic carbocycles. The molecule has 1 aliphatic rings. The first kappa shape index (κ1) is 14.2. The molecule has 1 heterocycles. The Bertz CT molecular complexity index is 618. The number of nitrogens with zero attached hydrogens (tertiary/aromatic N) is 1. The van der Waals surface area contributed by atoms with Gasteiger partial charge in [-0.1, -0.05) is 23.8 Å². The Morgan fingerprint density at radius 1 is 1.42 bits per heavy atom. The van der Waals surface area contributed by atoms with Crippen molar-refractivity contribution in [1.82, 2.24) is 4.98 Å². The molecular weight excluding hydrogens is 286 g/mol. The first-order chi connectivity index (χ1) is 9.04. The van der Waals surface area contributed by atoms with Crippen molar-refractivity contribution < 1.29 is 12.6 Å². The zero-order chi connectivity index (χ0) is 13.9. The van der Waals surface area contributed by atoms with E-state index in [0.717, 1.165) is 5.56 Å². The lowest BCUT2D eigenvalue weighted by Gasteiger charge is -2.16. The maximum Gasteiger partial charge on any atom is 0.293 e. The summed E-state index contributed by atoms with van der Waals surface area (Å²) in [5.74, 6) is 0. The van der Waals surface area contributed by atoms with E-state index in [1.165, 1.54) is 0 Å². The lowest BCUT2D eigenvalue weighted by Crippen LogP contribution is -2.12. The molecule has 6 heteroatoms. The summed E-state index contributed by atoms with van der Waals surface area (Å²) in [6.45, 7) is 1.78. The van der Waals surface area contributed by atoms with Crippen LogP contribution in [-0.4, -0.2) is 20.0 Å². The summed E-state index contributed by atoms with van der Waals surface area (Å²) >= 11 is 5.74. The topological polar surface area (TPSA) is 56.3 Å². The van der Waals surface area contributed by atoms with E-state index in [1.807, 2.05) is 6.08 Å². The number of hydrogen-bond acceptors (Lipinski definition) is 4. The van der Waals surface area contributed by atoms with Gasteiger partial charge in [0.25, 0.3) is 10.1 Å². The monoisotopic (exact) mass is 299 g/mol. The van der Waals surface area contributed by atoms with E-state index in [9.17, 15) is 8.42 Å². The fourth-order valence-electron chi connectivity index (χ4n) is 1.92. The molecule has 2 rings (SSSR count). The van der Waals surface area contributed by atoms with E-state index in [2.05, 4.69) is 4.98 Å². The Labute approximate surface area is 117 Å². The summed E-state index contributed by atoms with van der Waals surface area (Å²) in [6, 6.07) is 3.39. The largest absolute Gasteiger partial charge is 0.293 e. The zero-order valence-electron chi connectivity index (χ0n) is 10.5. The van der Waals surface area contributed by atoms with E-state index < -0.39 is 10.1 Å². The van der Waals surface area contributed by atoms with Crippen molar-refractivity contribution in [2.24, 2.45) is 0 Å². The molecule has 0 saturated carbocycles. The first-order valence-electron chi connectivity index (χ1n) is 5.95. The normalized spacial score (nSPS) is 15.9. The molecular formula is C13H14ClNO3S. The van der Waals surface area contributed by atoms with Gasteiger partial charge in [-0.3, -0.25) is 4.18 Å². The van der Waals surface area contributed by atoms with Crippen molar-refractivity contribution in [1.29, 1.82) is 0 Å². The summed E-state index contributed by atoms with van der Waals surface area (Å²) < 4.78 is 29.0. The van der Waals surface area contributed by atoms with Crippen LogP contribution in [0.5, 0.6) is 0 Å². The van der Waals surface area contributed by atoms with Crippen molar-refractivity contribution >= 4 is 27.3 Å². The van der Waals surface area contributed by atoms with Gasteiger partial charge in [0.15, 0.2) is 0 Å². The molecule has 0 bridgehead atoms. The molecule has 19 heavy (non-hydrogen) atoms. The molecule has 4 nitrogen and oxygen atoms in total. The van der Waals surface area contributed by atoms with Crippen molar-refractivity contribution in [3.05, 3.63) is 46.1 Å². The van der Waals surface area contributed by atoms with Gasteiger partial charge in [0.1, 0.15) is 5.15 Å². The molecule has 0 saturated heterocycles. The third kappa shape index (κ3) is 3.23. The number of pyridine rings is 1. The van der Waals surface area contributed by atoms with Gasteiger partial charge < -0.3 is 0 Å². The van der Waals surface area contributed by atoms with E-state index in [4.69, 9.17) is 15.8 Å². The minimum Gasteiger partial charge on any atom is -0.267 e. The maximum atomic E-state index is 12.1. The molecule has 0 unspecified atom stereocenters. The fraction of sp³-hybridized carbons (Fsp3) is 0.308. The molecule has 1 aromatic rings. The minimum absolute atomic E-state index is 0.127. The Kier molecular flexibility index (Phi) is 4.39. The van der Waals surface area contributed by atoms with Crippen LogP contribution >= 0.6 is 11.6 Å². The van der Waals surface area contributed by atoms with Gasteiger partial charge in [-0.05, 0) is 37.5 Å². The molecule has 0 fully saturated rings. The van der Waals surface area contributed by atoms with Gasteiger partial charge in [-0.25, -0.2) is 4.98 Å². The van der Waals surface area contributed by atoms with Gasteiger partial charge in [0.2, 0.25) is 0 Å². The van der Waals surface area contributed by atoms with Crippen molar-refractivity contribution in [2.45, 2.75) is 19.8 Å². The highest BCUT2D eigenvalue weighted by Gasteiger charge is 2.24. The second kappa shape index (κ2) is 5.86. The number of hydrogen-bond donors (Lipinski definition) is 0. The van der Waals surface area contributed by atoms with Gasteiger partial charge in [-0.15, -0.1) is 0 Å². The molecule has 0 radical (unpaired) electrons. The molecule has 0 spiro atoms. The summed E-state index contributed by atoms with van der Waals surface area (Å²) in [4.78, 5) is 4.28. The molecule has 0 amide bonds. The lowest BCUT2D eigenvalue weighted by atomic mass is 10.0. The zero-order valence-corrected chi connectivity index (χ0v) is 12.0. The molecule has 1 aromatic heterocycles. The molecule has 1 aliphatic carbocycles. The van der Waals surface area contributed by atoms with Crippen LogP contribution in [0.15, 0.2) is 35.4 Å². The van der Waals surface area contributed by atoms with E-state index in [-0.39, 0.29) is 6.61 Å². The summed E-state index contributed by atoms with van der Waals surface area (Å²) in [6.07, 6.45) is 6.42. The van der Waals surface area contributed by atoms with Crippen LogP contribution in [0.1, 0.15) is 25.3 Å². The number of halogens is 1. The summed E-state index contributed by atoms with van der Waals surface area (Å²) in [7, 11) is -3.67. The minimum atomic E-state index is -3.67. The molecule has 102 valence electrons. The Morgan fingerprint density at radius 3 is 2.84 bits per heavy atom. The maximum absolute atomic E-state index is 12.1. The van der Waals surface area contributed by atoms with Crippen LogP contribution in [-0.2, 0) is 14.3 Å². The van der Waals surface area contributed by atoms with Crippen LogP contribution in [0.2, 0.25) is 5.15 Å². The van der Waals surface area contributed by atoms with Gasteiger partial charge >= 0.3 is 0 Å². The van der Waals surface area contributed by atoms with E-state index >= 15 is 0 Å². The van der Waals surface area contributed by atoms with Gasteiger partial charge in [0.05, 0.1) is 11.5 Å². The number of rotatable bonds is 4. The van der Waals surface area contributed by atoms with Crippen molar-refractivity contribution in [3.8, 4) is 0 Å². The highest BCUT2D eigenvalue weighted by atomic mass is 35.5. The Balaban J connectivity index is 2.52. The number of aromatic nitrogens is 1. The average Bonchev–Trinajstić information content (AvgIpc) is 2.39. The summed E-state index contributed by atoms with van der Waals surface area (Å²) in [5, 5.41) is 0.373. The SMILES string of the molecule is CCOS(=O)(=O)C1=C(c2ccc(Cl)nc2)C=CCC1. The van der Waals surface area contributed by atoms with E-state index in [1.54, 1.807) is 31.3 Å². The second-order valence-electron chi connectivity index (χ2n) is 4.01. The van der Waals surface area contributed by atoms with Gasteiger partial charge in [0, 0.05) is 11.8 Å². The third-order valence-corrected chi connectivity index (χ3v) is 4.53. The standard InChI is InChI=1S/C13H14ClNO3S/c1-2-18-19(16,17)12-6-4-3-5-11(12)10-7-8-13(14)15-9-10/h3,5,7-9H,2,4,6H2,1H3. The molecule has 0 N–H and O–H groups in total. The Hall–Kier alpha value is -1.17. The van der Waals surface area contributed by atoms with Crippen LogP contribution in [0.4, 0.5) is 0 Å². The molecule has 0 atom stereocenters. The van der Waals surface area contributed by atoms with Crippen LogP contribution < -0.4 is 0 Å². The van der Waals surface area contributed by atoms with Crippen LogP contribution in [0, 0.1) is 0 Å². The highest BCUT2D eigenvalue weighted by Crippen LogP contribution is 2.31.